The maximum Gasteiger partial charge on any atom is 0.167 e. The summed E-state index contributed by atoms with van der Waals surface area (Å²) in [5, 5.41) is 10.7. The van der Waals surface area contributed by atoms with E-state index in [0.29, 0.717) is 24.9 Å². The van der Waals surface area contributed by atoms with E-state index >= 15 is 0 Å². The molecule has 0 heterocycles. The van der Waals surface area contributed by atoms with E-state index in [9.17, 15) is 9.90 Å². The van der Waals surface area contributed by atoms with Gasteiger partial charge in [-0.1, -0.05) is 78.9 Å². The van der Waals surface area contributed by atoms with E-state index < -0.39 is 6.10 Å². The van der Waals surface area contributed by atoms with Crippen LogP contribution < -0.4 is 0 Å². The van der Waals surface area contributed by atoms with Crippen molar-refractivity contribution in [2.75, 3.05) is 20.6 Å². The van der Waals surface area contributed by atoms with Crippen molar-refractivity contribution >= 4 is 18.2 Å². The van der Waals surface area contributed by atoms with Crippen LogP contribution in [0.15, 0.2) is 84.9 Å². The topological polar surface area (TPSA) is 40.5 Å². The van der Waals surface area contributed by atoms with Crippen LogP contribution in [0.5, 0.6) is 0 Å². The summed E-state index contributed by atoms with van der Waals surface area (Å²) in [4.78, 5) is 15.4. The molecule has 0 fully saturated rings. The second-order valence-electron chi connectivity index (χ2n) is 8.18. The van der Waals surface area contributed by atoms with E-state index in [1.165, 1.54) is 5.56 Å². The number of aryl methyl sites for hydroxylation is 1. The number of nitrogens with zero attached hydrogens (tertiary/aromatic N) is 1. The molecule has 3 rings (SSSR count). The van der Waals surface area contributed by atoms with Crippen molar-refractivity contribution in [2.24, 2.45) is 5.92 Å². The fourth-order valence-electron chi connectivity index (χ4n) is 3.83. The molecular weight excluding hydrogens is 406 g/mol. The number of carbonyl (C=O) groups is 1. The van der Waals surface area contributed by atoms with Crippen LogP contribution in [0, 0.1) is 5.92 Å². The molecule has 0 saturated carbocycles. The number of benzene rings is 3. The highest BCUT2D eigenvalue weighted by Crippen LogP contribution is 2.23. The van der Waals surface area contributed by atoms with Gasteiger partial charge >= 0.3 is 0 Å². The minimum Gasteiger partial charge on any atom is -0.388 e. The number of carbonyl (C=O) groups excluding carboxylic acids is 1. The fraction of sp³-hybridized carbons (Fsp3) is 0.296. The molecule has 0 aliphatic rings. The predicted octanol–water partition coefficient (Wildman–Crippen LogP) is 5.38. The van der Waals surface area contributed by atoms with Gasteiger partial charge in [0.15, 0.2) is 5.78 Å². The molecule has 31 heavy (non-hydrogen) atoms. The van der Waals surface area contributed by atoms with Crippen LogP contribution in [0.1, 0.15) is 39.6 Å². The Balaban J connectivity index is 0.00000341. The highest BCUT2D eigenvalue weighted by molar-refractivity contribution is 5.98. The van der Waals surface area contributed by atoms with E-state index in [2.05, 4.69) is 29.2 Å². The van der Waals surface area contributed by atoms with Crippen LogP contribution in [-0.2, 0) is 12.8 Å². The highest BCUT2D eigenvalue weighted by Gasteiger charge is 2.22. The van der Waals surface area contributed by atoms with Gasteiger partial charge in [0.05, 0.1) is 6.10 Å². The second-order valence-corrected chi connectivity index (χ2v) is 8.18. The van der Waals surface area contributed by atoms with Crippen LogP contribution in [0.3, 0.4) is 0 Å². The SMILES string of the molecule is CN(C)CC(Cc1ccccc1)C(=O)c1cccc(C(O)CCc2ccccc2)c1.Cl. The van der Waals surface area contributed by atoms with Gasteiger partial charge in [-0.25, -0.2) is 0 Å². The number of ketones is 1. The first-order valence-electron chi connectivity index (χ1n) is 10.6. The third-order valence-corrected chi connectivity index (χ3v) is 5.39. The lowest BCUT2D eigenvalue weighted by atomic mass is 9.89. The minimum atomic E-state index is -0.584. The lowest BCUT2D eigenvalue weighted by molar-refractivity contribution is 0.0896. The number of aliphatic hydroxyl groups excluding tert-OH is 1. The molecule has 3 aromatic rings. The van der Waals surface area contributed by atoms with Gasteiger partial charge < -0.3 is 10.0 Å². The molecule has 0 aliphatic heterocycles. The van der Waals surface area contributed by atoms with Gasteiger partial charge in [-0.3, -0.25) is 4.79 Å². The quantitative estimate of drug-likeness (QED) is 0.433. The monoisotopic (exact) mass is 437 g/mol. The maximum atomic E-state index is 13.3. The Kier molecular flexibility index (Phi) is 9.93. The van der Waals surface area contributed by atoms with Crippen molar-refractivity contribution in [2.45, 2.75) is 25.4 Å². The molecule has 0 saturated heterocycles. The van der Waals surface area contributed by atoms with E-state index in [4.69, 9.17) is 0 Å². The van der Waals surface area contributed by atoms with E-state index in [1.807, 2.05) is 74.8 Å². The van der Waals surface area contributed by atoms with Crippen molar-refractivity contribution in [1.29, 1.82) is 0 Å². The molecule has 0 aliphatic carbocycles. The van der Waals surface area contributed by atoms with Gasteiger partial charge in [-0.05, 0) is 56.1 Å². The number of rotatable bonds is 10. The largest absolute Gasteiger partial charge is 0.388 e. The van der Waals surface area contributed by atoms with Crippen LogP contribution >= 0.6 is 12.4 Å². The van der Waals surface area contributed by atoms with Gasteiger partial charge in [0.2, 0.25) is 0 Å². The van der Waals surface area contributed by atoms with Crippen molar-refractivity contribution < 1.29 is 9.90 Å². The normalized spacial score (nSPS) is 12.8. The Morgan fingerprint density at radius 3 is 2.10 bits per heavy atom. The Morgan fingerprint density at radius 1 is 0.871 bits per heavy atom. The Bertz CT molecular complexity index is 928. The first-order chi connectivity index (χ1) is 14.5. The summed E-state index contributed by atoms with van der Waals surface area (Å²) >= 11 is 0. The molecule has 0 radical (unpaired) electrons. The molecule has 0 spiro atoms. The second kappa shape index (κ2) is 12.4. The molecule has 3 aromatic carbocycles. The zero-order valence-electron chi connectivity index (χ0n) is 18.3. The van der Waals surface area contributed by atoms with Gasteiger partial charge in [0.25, 0.3) is 0 Å². The lowest BCUT2D eigenvalue weighted by Crippen LogP contribution is -2.29. The third-order valence-electron chi connectivity index (χ3n) is 5.39. The fourth-order valence-corrected chi connectivity index (χ4v) is 3.83. The van der Waals surface area contributed by atoms with Gasteiger partial charge in [-0.2, -0.15) is 0 Å². The van der Waals surface area contributed by atoms with Crippen molar-refractivity contribution in [1.82, 2.24) is 4.90 Å². The Hall–Kier alpha value is -2.46. The zero-order valence-corrected chi connectivity index (χ0v) is 19.1. The van der Waals surface area contributed by atoms with Crippen molar-refractivity contribution in [3.05, 3.63) is 107 Å². The lowest BCUT2D eigenvalue weighted by Gasteiger charge is -2.21. The molecule has 0 aromatic heterocycles. The molecule has 2 atom stereocenters. The summed E-state index contributed by atoms with van der Waals surface area (Å²) in [5.41, 5.74) is 3.85. The number of hydrogen-bond acceptors (Lipinski definition) is 3. The van der Waals surface area contributed by atoms with E-state index in [1.54, 1.807) is 0 Å². The molecule has 1 N–H and O–H groups in total. The molecule has 3 nitrogen and oxygen atoms in total. The van der Waals surface area contributed by atoms with Gasteiger partial charge in [0, 0.05) is 18.0 Å². The summed E-state index contributed by atoms with van der Waals surface area (Å²) in [6.07, 6.45) is 1.56. The molecule has 4 heteroatoms. The zero-order chi connectivity index (χ0) is 21.3. The van der Waals surface area contributed by atoms with Gasteiger partial charge in [0.1, 0.15) is 0 Å². The average Bonchev–Trinajstić information content (AvgIpc) is 2.77. The minimum absolute atomic E-state index is 0. The van der Waals surface area contributed by atoms with Crippen LogP contribution in [0.25, 0.3) is 0 Å². The summed E-state index contributed by atoms with van der Waals surface area (Å²) in [5.74, 6) is 0.00349. The summed E-state index contributed by atoms with van der Waals surface area (Å²) in [6.45, 7) is 0.689. The Labute approximate surface area is 192 Å². The smallest absolute Gasteiger partial charge is 0.167 e. The first-order valence-corrected chi connectivity index (χ1v) is 10.6. The van der Waals surface area contributed by atoms with Gasteiger partial charge in [-0.15, -0.1) is 12.4 Å². The molecular formula is C27H32ClNO2. The molecule has 0 bridgehead atoms. The highest BCUT2D eigenvalue weighted by atomic mass is 35.5. The average molecular weight is 438 g/mol. The number of Topliss-reactive ketones (excluding diaryl/α,β-unsaturated/α-hetero) is 1. The molecule has 0 amide bonds. The number of hydrogen-bond donors (Lipinski definition) is 1. The van der Waals surface area contributed by atoms with Crippen molar-refractivity contribution in [3.8, 4) is 0 Å². The summed E-state index contributed by atoms with van der Waals surface area (Å²) in [7, 11) is 3.99. The molecule has 164 valence electrons. The van der Waals surface area contributed by atoms with Crippen molar-refractivity contribution in [3.63, 3.8) is 0 Å². The summed E-state index contributed by atoms with van der Waals surface area (Å²) in [6, 6.07) is 27.8. The standard InChI is InChI=1S/C27H31NO2.ClH/c1-28(2)20-25(18-22-12-7-4-8-13-22)27(30)24-15-9-14-23(19-24)26(29)17-16-21-10-5-3-6-11-21;/h3-15,19,25-26,29H,16-18,20H2,1-2H3;1H. The third kappa shape index (κ3) is 7.62. The summed E-state index contributed by atoms with van der Waals surface area (Å²) < 4.78 is 0. The number of halogens is 1. The number of aliphatic hydroxyl groups is 1. The predicted molar refractivity (Wildman–Crippen MR) is 130 cm³/mol. The van der Waals surface area contributed by atoms with Crippen LogP contribution in [0.4, 0.5) is 0 Å². The van der Waals surface area contributed by atoms with E-state index in [-0.39, 0.29) is 24.1 Å². The first kappa shape index (κ1) is 24.8. The van der Waals surface area contributed by atoms with E-state index in [0.717, 1.165) is 17.5 Å². The van der Waals surface area contributed by atoms with Crippen LogP contribution in [0.2, 0.25) is 0 Å². The molecule has 2 unspecified atom stereocenters. The van der Waals surface area contributed by atoms with Crippen LogP contribution in [-0.4, -0.2) is 36.4 Å². The Morgan fingerprint density at radius 2 is 1.48 bits per heavy atom. The maximum absolute atomic E-state index is 13.3.